The van der Waals surface area contributed by atoms with Crippen LogP contribution in [0.3, 0.4) is 0 Å². The maximum absolute atomic E-state index is 14.7. The standard InChI is InChI=1S/C16H15F4N5O3S/c1-15(2,16(18,19)20)24-29(27,28)11-8-25(3)13(12(11)17)14(26)23-9-4-5-22-10(6-9)7-21/h4-6,8,24H,1-3H3,(H,22,23,26). The van der Waals surface area contributed by atoms with Crippen molar-refractivity contribution < 1.29 is 30.8 Å². The van der Waals surface area contributed by atoms with E-state index in [-0.39, 0.29) is 11.4 Å². The molecule has 8 nitrogen and oxygen atoms in total. The average molecular weight is 433 g/mol. The molecular weight excluding hydrogens is 418 g/mol. The molecule has 29 heavy (non-hydrogen) atoms. The molecule has 0 atom stereocenters. The van der Waals surface area contributed by atoms with Crippen LogP contribution in [0, 0.1) is 17.1 Å². The quantitative estimate of drug-likeness (QED) is 0.702. The van der Waals surface area contributed by atoms with Gasteiger partial charge in [0.1, 0.15) is 27.9 Å². The van der Waals surface area contributed by atoms with Crippen LogP contribution in [0.15, 0.2) is 29.4 Å². The lowest BCUT2D eigenvalue weighted by Crippen LogP contribution is -2.54. The molecule has 0 unspecified atom stereocenters. The minimum atomic E-state index is -4.95. The Hall–Kier alpha value is -2.98. The maximum atomic E-state index is 14.7. The van der Waals surface area contributed by atoms with Gasteiger partial charge in [-0.1, -0.05) is 0 Å². The van der Waals surface area contributed by atoms with Crippen molar-refractivity contribution in [3.63, 3.8) is 0 Å². The molecule has 0 bridgehead atoms. The molecule has 1 amide bonds. The van der Waals surface area contributed by atoms with E-state index in [2.05, 4.69) is 10.3 Å². The summed E-state index contributed by atoms with van der Waals surface area (Å²) in [6.45, 7) is 1.16. The number of nitriles is 1. The first kappa shape index (κ1) is 22.3. The second kappa shape index (κ2) is 7.45. The van der Waals surface area contributed by atoms with Crippen LogP contribution in [0.25, 0.3) is 0 Å². The van der Waals surface area contributed by atoms with Gasteiger partial charge >= 0.3 is 6.18 Å². The predicted molar refractivity (Wildman–Crippen MR) is 92.7 cm³/mol. The Bertz CT molecular complexity index is 1100. The lowest BCUT2D eigenvalue weighted by molar-refractivity contribution is -0.180. The van der Waals surface area contributed by atoms with Crippen molar-refractivity contribution in [2.75, 3.05) is 5.32 Å². The molecule has 2 aromatic heterocycles. The highest BCUT2D eigenvalue weighted by molar-refractivity contribution is 7.89. The number of amides is 1. The van der Waals surface area contributed by atoms with E-state index in [9.17, 15) is 30.8 Å². The topological polar surface area (TPSA) is 117 Å². The molecule has 0 spiro atoms. The van der Waals surface area contributed by atoms with Gasteiger partial charge in [-0.05, 0) is 26.0 Å². The Morgan fingerprint density at radius 3 is 2.48 bits per heavy atom. The van der Waals surface area contributed by atoms with E-state index < -0.39 is 44.1 Å². The summed E-state index contributed by atoms with van der Waals surface area (Å²) in [7, 11) is -3.80. The van der Waals surface area contributed by atoms with Gasteiger partial charge in [-0.3, -0.25) is 4.79 Å². The Morgan fingerprint density at radius 1 is 1.31 bits per heavy atom. The monoisotopic (exact) mass is 433 g/mol. The SMILES string of the molecule is Cn1cc(S(=O)(=O)NC(C)(C)C(F)(F)F)c(F)c1C(=O)Nc1ccnc(C#N)c1. The number of pyridine rings is 1. The Balaban J connectivity index is 2.39. The summed E-state index contributed by atoms with van der Waals surface area (Å²) in [4.78, 5) is 14.9. The van der Waals surface area contributed by atoms with E-state index in [4.69, 9.17) is 5.26 Å². The molecular formula is C16H15F4N5O3S. The van der Waals surface area contributed by atoms with Crippen molar-refractivity contribution in [1.82, 2.24) is 14.3 Å². The highest BCUT2D eigenvalue weighted by atomic mass is 32.2. The van der Waals surface area contributed by atoms with E-state index in [0.29, 0.717) is 20.0 Å². The molecule has 2 N–H and O–H groups in total. The summed E-state index contributed by atoms with van der Waals surface area (Å²) >= 11 is 0. The van der Waals surface area contributed by atoms with Crippen LogP contribution in [0.1, 0.15) is 30.0 Å². The molecule has 2 rings (SSSR count). The van der Waals surface area contributed by atoms with Gasteiger partial charge in [0.25, 0.3) is 5.91 Å². The van der Waals surface area contributed by atoms with Crippen LogP contribution in [-0.4, -0.2) is 35.6 Å². The number of nitrogens with zero attached hydrogens (tertiary/aromatic N) is 3. The largest absolute Gasteiger partial charge is 0.407 e. The fourth-order valence-corrected chi connectivity index (χ4v) is 3.75. The number of hydrogen-bond acceptors (Lipinski definition) is 5. The number of aryl methyl sites for hydroxylation is 1. The lowest BCUT2D eigenvalue weighted by atomic mass is 10.1. The number of nitrogens with one attached hydrogen (secondary N) is 2. The predicted octanol–water partition coefficient (Wildman–Crippen LogP) is 2.30. The summed E-state index contributed by atoms with van der Waals surface area (Å²) in [5.41, 5.74) is -3.55. The zero-order valence-corrected chi connectivity index (χ0v) is 16.1. The number of anilines is 1. The third-order valence-electron chi connectivity index (χ3n) is 3.82. The molecule has 0 aliphatic rings. The normalized spacial score (nSPS) is 12.5. The zero-order chi connectivity index (χ0) is 22.2. The van der Waals surface area contributed by atoms with E-state index in [0.717, 1.165) is 11.6 Å². The summed E-state index contributed by atoms with van der Waals surface area (Å²) in [5.74, 6) is -2.60. The molecule has 13 heteroatoms. The first-order valence-electron chi connectivity index (χ1n) is 7.82. The number of sulfonamides is 1. The molecule has 0 aliphatic carbocycles. The fraction of sp³-hybridized carbons (Fsp3) is 0.312. The van der Waals surface area contributed by atoms with E-state index in [1.165, 1.54) is 23.1 Å². The summed E-state index contributed by atoms with van der Waals surface area (Å²) in [6.07, 6.45) is -3.04. The van der Waals surface area contributed by atoms with Crippen molar-refractivity contribution in [1.29, 1.82) is 5.26 Å². The van der Waals surface area contributed by atoms with E-state index >= 15 is 0 Å². The highest BCUT2D eigenvalue weighted by Gasteiger charge is 2.50. The van der Waals surface area contributed by atoms with E-state index in [1.54, 1.807) is 6.07 Å². The van der Waals surface area contributed by atoms with Crippen LogP contribution in [0.2, 0.25) is 0 Å². The number of hydrogen-bond donors (Lipinski definition) is 2. The minimum absolute atomic E-state index is 0.0306. The molecule has 0 radical (unpaired) electrons. The van der Waals surface area contributed by atoms with Crippen LogP contribution >= 0.6 is 0 Å². The van der Waals surface area contributed by atoms with Gasteiger partial charge in [0.2, 0.25) is 10.0 Å². The fourth-order valence-electron chi connectivity index (χ4n) is 2.22. The van der Waals surface area contributed by atoms with Crippen LogP contribution < -0.4 is 10.0 Å². The number of carbonyl (C=O) groups excluding carboxylic acids is 1. The highest BCUT2D eigenvalue weighted by Crippen LogP contribution is 2.32. The van der Waals surface area contributed by atoms with Gasteiger partial charge in [-0.15, -0.1) is 0 Å². The van der Waals surface area contributed by atoms with Crippen LogP contribution in [-0.2, 0) is 17.1 Å². The van der Waals surface area contributed by atoms with Crippen molar-refractivity contribution in [2.24, 2.45) is 7.05 Å². The van der Waals surface area contributed by atoms with Gasteiger partial charge in [0, 0.05) is 25.1 Å². The molecule has 0 fully saturated rings. The number of aromatic nitrogens is 2. The molecule has 2 aromatic rings. The van der Waals surface area contributed by atoms with E-state index in [1.807, 2.05) is 0 Å². The zero-order valence-electron chi connectivity index (χ0n) is 15.3. The average Bonchev–Trinajstić information content (AvgIpc) is 2.88. The van der Waals surface area contributed by atoms with Gasteiger partial charge < -0.3 is 9.88 Å². The van der Waals surface area contributed by atoms with Crippen LogP contribution in [0.5, 0.6) is 0 Å². The van der Waals surface area contributed by atoms with Crippen molar-refractivity contribution in [3.8, 4) is 6.07 Å². The number of carbonyl (C=O) groups is 1. The summed E-state index contributed by atoms with van der Waals surface area (Å²) in [6, 6.07) is 4.25. The van der Waals surface area contributed by atoms with Gasteiger partial charge in [-0.2, -0.15) is 23.2 Å². The number of alkyl halides is 3. The molecule has 0 saturated heterocycles. The Kier molecular flexibility index (Phi) is 5.73. The molecule has 0 aliphatic heterocycles. The van der Waals surface area contributed by atoms with Gasteiger partial charge in [0.15, 0.2) is 5.82 Å². The molecule has 0 aromatic carbocycles. The third-order valence-corrected chi connectivity index (χ3v) is 5.47. The number of rotatable bonds is 5. The first-order chi connectivity index (χ1) is 13.2. The Morgan fingerprint density at radius 2 is 1.93 bits per heavy atom. The Labute approximate surface area is 163 Å². The summed E-state index contributed by atoms with van der Waals surface area (Å²) in [5, 5.41) is 11.1. The second-order valence-electron chi connectivity index (χ2n) is 6.49. The third kappa shape index (κ3) is 4.54. The van der Waals surface area contributed by atoms with Crippen molar-refractivity contribution in [3.05, 3.63) is 41.7 Å². The smallest absolute Gasteiger partial charge is 0.343 e. The van der Waals surface area contributed by atoms with Crippen LogP contribution in [0.4, 0.5) is 23.2 Å². The lowest BCUT2D eigenvalue weighted by Gasteiger charge is -2.28. The molecule has 156 valence electrons. The maximum Gasteiger partial charge on any atom is 0.407 e. The van der Waals surface area contributed by atoms with Gasteiger partial charge in [-0.25, -0.2) is 17.8 Å². The van der Waals surface area contributed by atoms with Gasteiger partial charge in [0.05, 0.1) is 0 Å². The molecule has 2 heterocycles. The first-order valence-corrected chi connectivity index (χ1v) is 9.31. The number of halogens is 4. The summed E-state index contributed by atoms with van der Waals surface area (Å²) < 4.78 is 80.5. The van der Waals surface area contributed by atoms with Crippen molar-refractivity contribution >= 4 is 21.6 Å². The van der Waals surface area contributed by atoms with Crippen molar-refractivity contribution in [2.45, 2.75) is 30.5 Å². The molecule has 0 saturated carbocycles. The minimum Gasteiger partial charge on any atom is -0.343 e. The second-order valence-corrected chi connectivity index (χ2v) is 8.14.